The Labute approximate surface area is 454 Å². The fourth-order valence-corrected chi connectivity index (χ4v) is 13.5. The first-order valence-corrected chi connectivity index (χ1v) is 27.5. The van der Waals surface area contributed by atoms with Gasteiger partial charge >= 0.3 is 0 Å². The molecule has 16 rings (SSSR count). The monoisotopic (exact) mass is 1030 g/mol. The van der Waals surface area contributed by atoms with Crippen LogP contribution in [0.3, 0.4) is 0 Å². The van der Waals surface area contributed by atoms with Crippen LogP contribution in [0.15, 0.2) is 237 Å². The third kappa shape index (κ3) is 7.35. The van der Waals surface area contributed by atoms with Crippen molar-refractivity contribution in [3.05, 3.63) is 237 Å². The summed E-state index contributed by atoms with van der Waals surface area (Å²) in [5.74, 6) is 1.80. The molecule has 7 nitrogen and oxygen atoms in total. The van der Waals surface area contributed by atoms with Crippen molar-refractivity contribution in [1.29, 1.82) is 0 Å². The zero-order valence-electron chi connectivity index (χ0n) is 41.5. The molecule has 0 saturated carbocycles. The molecule has 0 unspecified atom stereocenters. The van der Waals surface area contributed by atoms with Gasteiger partial charge in [-0.05, 0) is 65.2 Å². The molecule has 0 amide bonds. The van der Waals surface area contributed by atoms with Crippen molar-refractivity contribution in [2.75, 3.05) is 0 Å². The molecule has 9 heteroatoms. The van der Waals surface area contributed by atoms with E-state index < -0.39 is 0 Å². The number of hydrogen-bond acceptors (Lipinski definition) is 9. The van der Waals surface area contributed by atoms with Gasteiger partial charge in [0.15, 0.2) is 17.5 Å². The number of hydrogen-bond donors (Lipinski definition) is 0. The highest BCUT2D eigenvalue weighted by Gasteiger charge is 2.21. The lowest BCUT2D eigenvalue weighted by Crippen LogP contribution is -2.00. The maximum Gasteiger partial charge on any atom is 0.164 e. The molecule has 0 saturated heterocycles. The summed E-state index contributed by atoms with van der Waals surface area (Å²) >= 11 is 3.50. The van der Waals surface area contributed by atoms with E-state index in [9.17, 15) is 0 Å². The zero-order chi connectivity index (χ0) is 51.3. The quantitative estimate of drug-likeness (QED) is 0.147. The minimum atomic E-state index is 0.591. The highest BCUT2D eigenvalue weighted by Crippen LogP contribution is 2.46. The lowest BCUT2D eigenvalue weighted by molar-refractivity contribution is 1.07. The molecule has 16 aromatic rings. The molecule has 0 aliphatic rings. The van der Waals surface area contributed by atoms with Gasteiger partial charge in [0.1, 0.15) is 4.83 Å². The summed E-state index contributed by atoms with van der Waals surface area (Å²) < 4.78 is 3.51. The summed E-state index contributed by atoms with van der Waals surface area (Å²) in [5, 5.41) is 7.73. The van der Waals surface area contributed by atoms with Crippen molar-refractivity contribution in [2.45, 2.75) is 0 Å². The van der Waals surface area contributed by atoms with Crippen LogP contribution in [0.1, 0.15) is 0 Å². The van der Waals surface area contributed by atoms with E-state index >= 15 is 0 Å². The second-order valence-electron chi connectivity index (χ2n) is 19.6. The van der Waals surface area contributed by atoms with E-state index in [0.717, 1.165) is 131 Å². The Morgan fingerprint density at radius 1 is 0.269 bits per heavy atom. The molecule has 7 aromatic heterocycles. The van der Waals surface area contributed by atoms with Gasteiger partial charge in [-0.1, -0.05) is 188 Å². The highest BCUT2D eigenvalue weighted by atomic mass is 32.1. The molecule has 0 atom stereocenters. The maximum atomic E-state index is 5.53. The Balaban J connectivity index is 0.820. The van der Waals surface area contributed by atoms with E-state index in [2.05, 4.69) is 200 Å². The molecule has 0 aliphatic carbocycles. The number of rotatable bonds is 7. The number of para-hydroxylation sites is 1. The van der Waals surface area contributed by atoms with Crippen LogP contribution in [-0.4, -0.2) is 34.9 Å². The van der Waals surface area contributed by atoms with Crippen molar-refractivity contribution in [1.82, 2.24) is 34.9 Å². The van der Waals surface area contributed by atoms with Crippen LogP contribution >= 0.6 is 22.7 Å². The summed E-state index contributed by atoms with van der Waals surface area (Å²) in [4.78, 5) is 37.9. The third-order valence-electron chi connectivity index (χ3n) is 14.9. The minimum absolute atomic E-state index is 0.591. The summed E-state index contributed by atoms with van der Waals surface area (Å²) in [6.07, 6.45) is 0. The van der Waals surface area contributed by atoms with Crippen LogP contribution in [0.4, 0.5) is 0 Å². The largest absolute Gasteiger partial charge is 0.246 e. The topological polar surface area (TPSA) is 90.2 Å². The average molecular weight is 1030 g/mol. The van der Waals surface area contributed by atoms with Gasteiger partial charge in [0.05, 0.1) is 43.7 Å². The van der Waals surface area contributed by atoms with Crippen molar-refractivity contribution >= 4 is 107 Å². The Morgan fingerprint density at radius 3 is 1.56 bits per heavy atom. The molecule has 362 valence electrons. The van der Waals surface area contributed by atoms with Crippen LogP contribution in [0.5, 0.6) is 0 Å². The van der Waals surface area contributed by atoms with Gasteiger partial charge in [-0.3, -0.25) is 0 Å². The van der Waals surface area contributed by atoms with E-state index in [1.54, 1.807) is 22.7 Å². The molecule has 78 heavy (non-hydrogen) atoms. The van der Waals surface area contributed by atoms with Gasteiger partial charge in [0, 0.05) is 80.5 Å². The number of fused-ring (bicyclic) bond motifs is 11. The standard InChI is InChI=1S/C69H39N7S2/c1-3-14-41(15-4-1)53-35-32-42-28-29-43-33-37-56(72-63(43)62(42)70-53)60-52-39-46(34-36-55(52)71-64-51-22-9-12-25-58(51)77-65(60)64)40-26-30-45(31-27-40)67-74-66(44-16-5-2-6-17-44)75-68(76-67)48-19-13-18-47(38-48)59-49-20-7-10-23-54(49)73-69-61(59)50-21-8-11-24-57(50)78-69/h1-39H. The van der Waals surface area contributed by atoms with Gasteiger partial charge in [-0.2, -0.15) is 0 Å². The van der Waals surface area contributed by atoms with Crippen molar-refractivity contribution in [2.24, 2.45) is 0 Å². The predicted octanol–water partition coefficient (Wildman–Crippen LogP) is 18.5. The number of pyridine rings is 4. The first-order chi connectivity index (χ1) is 38.6. The van der Waals surface area contributed by atoms with Gasteiger partial charge in [-0.25, -0.2) is 34.9 Å². The van der Waals surface area contributed by atoms with E-state index in [1.165, 1.54) is 14.8 Å². The van der Waals surface area contributed by atoms with Crippen molar-refractivity contribution in [3.63, 3.8) is 0 Å². The third-order valence-corrected chi connectivity index (χ3v) is 17.2. The zero-order valence-corrected chi connectivity index (χ0v) is 43.1. The molecule has 0 aliphatic heterocycles. The number of nitrogens with zero attached hydrogens (tertiary/aromatic N) is 7. The normalized spacial score (nSPS) is 11.8. The fraction of sp³-hybridized carbons (Fsp3) is 0. The Morgan fingerprint density at radius 2 is 0.808 bits per heavy atom. The van der Waals surface area contributed by atoms with Gasteiger partial charge in [-0.15, -0.1) is 22.7 Å². The highest BCUT2D eigenvalue weighted by molar-refractivity contribution is 7.26. The van der Waals surface area contributed by atoms with E-state index in [4.69, 9.17) is 34.9 Å². The number of aromatic nitrogens is 7. The predicted molar refractivity (Wildman–Crippen MR) is 325 cm³/mol. The van der Waals surface area contributed by atoms with Crippen molar-refractivity contribution < 1.29 is 0 Å². The number of thiophene rings is 2. The summed E-state index contributed by atoms with van der Waals surface area (Å²) in [5.41, 5.74) is 15.6. The van der Waals surface area contributed by atoms with Crippen LogP contribution in [-0.2, 0) is 0 Å². The smallest absolute Gasteiger partial charge is 0.164 e. The van der Waals surface area contributed by atoms with Gasteiger partial charge < -0.3 is 0 Å². The average Bonchev–Trinajstić information content (AvgIpc) is 4.22. The maximum absolute atomic E-state index is 5.53. The Hall–Kier alpha value is -9.93. The molecule has 0 spiro atoms. The summed E-state index contributed by atoms with van der Waals surface area (Å²) in [7, 11) is 0. The van der Waals surface area contributed by atoms with Crippen molar-refractivity contribution in [3.8, 4) is 78.9 Å². The lowest BCUT2D eigenvalue weighted by atomic mass is 9.95. The van der Waals surface area contributed by atoms with Crippen LogP contribution in [0.2, 0.25) is 0 Å². The second kappa shape index (κ2) is 17.9. The van der Waals surface area contributed by atoms with Gasteiger partial charge in [0.25, 0.3) is 0 Å². The molecule has 9 aromatic carbocycles. The summed E-state index contributed by atoms with van der Waals surface area (Å²) in [6, 6.07) is 82.7. The SMILES string of the molecule is c1ccc(-c2ccc3ccc4ccc(-c5c6cc(-c7ccc(-c8nc(-c9ccccc9)nc(-c9cccc(-c%10c%11ccccc%11nc%11sc%12ccccc%12c%10%11)c9)n8)cc7)ccc6nc6c5sc5ccccc56)nc4c3n2)cc1. The van der Waals surface area contributed by atoms with E-state index in [-0.39, 0.29) is 0 Å². The molecular formula is C69H39N7S2. The Kier molecular flexibility index (Phi) is 10.2. The molecule has 0 N–H and O–H groups in total. The first kappa shape index (κ1) is 44.4. The number of benzene rings is 9. The molecule has 7 heterocycles. The van der Waals surface area contributed by atoms with E-state index in [1.807, 2.05) is 36.4 Å². The molecule has 0 bridgehead atoms. The summed E-state index contributed by atoms with van der Waals surface area (Å²) in [6.45, 7) is 0. The molecule has 0 radical (unpaired) electrons. The van der Waals surface area contributed by atoms with Gasteiger partial charge in [0.2, 0.25) is 0 Å². The van der Waals surface area contributed by atoms with Crippen LogP contribution < -0.4 is 0 Å². The fourth-order valence-electron chi connectivity index (χ4n) is 11.2. The lowest BCUT2D eigenvalue weighted by Gasteiger charge is -2.13. The van der Waals surface area contributed by atoms with Crippen LogP contribution in [0, 0.1) is 0 Å². The van der Waals surface area contributed by atoms with E-state index in [0.29, 0.717) is 17.5 Å². The van der Waals surface area contributed by atoms with Crippen LogP contribution in [0.25, 0.3) is 163 Å². The second-order valence-corrected chi connectivity index (χ2v) is 21.7. The minimum Gasteiger partial charge on any atom is -0.246 e. The Bertz CT molecular complexity index is 5090. The molecular weight excluding hydrogens is 991 g/mol. The molecule has 0 fully saturated rings. The first-order valence-electron chi connectivity index (χ1n) is 25.9.